The van der Waals surface area contributed by atoms with Gasteiger partial charge in [0.05, 0.1) is 6.10 Å². The molecule has 3 unspecified atom stereocenters. The SMILES string of the molecule is COC1CCCC1NCC(O)COc1ccc(F)cc1. The quantitative estimate of drug-likeness (QED) is 0.800. The van der Waals surface area contributed by atoms with Crippen LogP contribution >= 0.6 is 0 Å². The molecule has 0 aromatic heterocycles. The van der Waals surface area contributed by atoms with Crippen LogP contribution in [-0.4, -0.2) is 43.6 Å². The summed E-state index contributed by atoms with van der Waals surface area (Å²) in [6, 6.07) is 6.07. The Labute approximate surface area is 118 Å². The molecule has 1 aliphatic carbocycles. The summed E-state index contributed by atoms with van der Waals surface area (Å²) in [5, 5.41) is 13.2. The molecule has 20 heavy (non-hydrogen) atoms. The van der Waals surface area contributed by atoms with E-state index in [1.807, 2.05) is 0 Å². The molecule has 5 heteroatoms. The maximum absolute atomic E-state index is 12.7. The minimum absolute atomic E-state index is 0.184. The molecule has 0 bridgehead atoms. The largest absolute Gasteiger partial charge is 0.491 e. The number of halogens is 1. The number of ether oxygens (including phenoxy) is 2. The molecule has 0 saturated heterocycles. The first-order chi connectivity index (χ1) is 9.69. The first kappa shape index (κ1) is 15.2. The van der Waals surface area contributed by atoms with Crippen molar-refractivity contribution in [3.8, 4) is 5.75 Å². The summed E-state index contributed by atoms with van der Waals surface area (Å²) in [5.74, 6) is 0.257. The highest BCUT2D eigenvalue weighted by molar-refractivity contribution is 5.22. The Bertz CT molecular complexity index is 399. The number of nitrogens with one attached hydrogen (secondary N) is 1. The van der Waals surface area contributed by atoms with Crippen LogP contribution in [0.4, 0.5) is 4.39 Å². The lowest BCUT2D eigenvalue weighted by atomic mass is 10.2. The van der Waals surface area contributed by atoms with E-state index in [4.69, 9.17) is 9.47 Å². The Balaban J connectivity index is 1.67. The van der Waals surface area contributed by atoms with Gasteiger partial charge in [-0.1, -0.05) is 0 Å². The van der Waals surface area contributed by atoms with Gasteiger partial charge < -0.3 is 19.9 Å². The number of hydrogen-bond donors (Lipinski definition) is 2. The highest BCUT2D eigenvalue weighted by Crippen LogP contribution is 2.21. The van der Waals surface area contributed by atoms with Crippen LogP contribution in [0.2, 0.25) is 0 Å². The second-order valence-corrected chi connectivity index (χ2v) is 5.14. The highest BCUT2D eigenvalue weighted by atomic mass is 19.1. The van der Waals surface area contributed by atoms with Gasteiger partial charge in [-0.05, 0) is 43.5 Å². The lowest BCUT2D eigenvalue weighted by Crippen LogP contribution is -2.42. The molecule has 2 N–H and O–H groups in total. The van der Waals surface area contributed by atoms with E-state index in [-0.39, 0.29) is 18.5 Å². The maximum atomic E-state index is 12.7. The normalized spacial score (nSPS) is 23.8. The van der Waals surface area contributed by atoms with Crippen molar-refractivity contribution in [2.45, 2.75) is 37.5 Å². The summed E-state index contributed by atoms with van der Waals surface area (Å²) in [5.41, 5.74) is 0. The van der Waals surface area contributed by atoms with Crippen molar-refractivity contribution in [1.29, 1.82) is 0 Å². The molecule has 112 valence electrons. The van der Waals surface area contributed by atoms with Gasteiger partial charge in [0.25, 0.3) is 0 Å². The second-order valence-electron chi connectivity index (χ2n) is 5.14. The van der Waals surface area contributed by atoms with Crippen LogP contribution in [0, 0.1) is 5.82 Å². The summed E-state index contributed by atoms with van der Waals surface area (Å²) in [6.45, 7) is 0.648. The summed E-state index contributed by atoms with van der Waals surface area (Å²) >= 11 is 0. The fourth-order valence-electron chi connectivity index (χ4n) is 2.51. The van der Waals surface area contributed by atoms with E-state index in [0.717, 1.165) is 19.3 Å². The fourth-order valence-corrected chi connectivity index (χ4v) is 2.51. The van der Waals surface area contributed by atoms with Gasteiger partial charge in [0.2, 0.25) is 0 Å². The molecule has 0 aliphatic heterocycles. The summed E-state index contributed by atoms with van der Waals surface area (Å²) in [4.78, 5) is 0. The minimum atomic E-state index is -0.599. The summed E-state index contributed by atoms with van der Waals surface area (Å²) in [6.07, 6.45) is 2.93. The molecular weight excluding hydrogens is 261 g/mol. The summed E-state index contributed by atoms with van der Waals surface area (Å²) < 4.78 is 23.5. The Morgan fingerprint density at radius 2 is 2.10 bits per heavy atom. The standard InChI is InChI=1S/C15H22FNO3/c1-19-15-4-2-3-14(15)17-9-12(18)10-20-13-7-5-11(16)6-8-13/h5-8,12,14-15,17-18H,2-4,9-10H2,1H3. The molecule has 1 aromatic rings. The van der Waals surface area contributed by atoms with Crippen molar-refractivity contribution in [1.82, 2.24) is 5.32 Å². The smallest absolute Gasteiger partial charge is 0.123 e. The van der Waals surface area contributed by atoms with Crippen molar-refractivity contribution < 1.29 is 19.0 Å². The average Bonchev–Trinajstić information content (AvgIpc) is 2.92. The number of benzene rings is 1. The molecule has 0 heterocycles. The Morgan fingerprint density at radius 1 is 1.35 bits per heavy atom. The van der Waals surface area contributed by atoms with Gasteiger partial charge in [-0.15, -0.1) is 0 Å². The van der Waals surface area contributed by atoms with Crippen molar-refractivity contribution in [2.75, 3.05) is 20.3 Å². The lowest BCUT2D eigenvalue weighted by Gasteiger charge is -2.21. The molecule has 0 spiro atoms. The van der Waals surface area contributed by atoms with Crippen LogP contribution in [0.1, 0.15) is 19.3 Å². The zero-order chi connectivity index (χ0) is 14.4. The third-order valence-corrected chi connectivity index (χ3v) is 3.63. The number of hydrogen-bond acceptors (Lipinski definition) is 4. The highest BCUT2D eigenvalue weighted by Gasteiger charge is 2.26. The summed E-state index contributed by atoms with van der Waals surface area (Å²) in [7, 11) is 1.72. The van der Waals surface area contributed by atoms with Crippen LogP contribution in [0.25, 0.3) is 0 Å². The Hall–Kier alpha value is -1.17. The van der Waals surface area contributed by atoms with Gasteiger partial charge in [0, 0.05) is 19.7 Å². The Kier molecular flexibility index (Phi) is 5.76. The third kappa shape index (κ3) is 4.44. The van der Waals surface area contributed by atoms with Crippen LogP contribution < -0.4 is 10.1 Å². The molecular formula is C15H22FNO3. The van der Waals surface area contributed by atoms with Gasteiger partial charge in [-0.2, -0.15) is 0 Å². The fraction of sp³-hybridized carbons (Fsp3) is 0.600. The van der Waals surface area contributed by atoms with Crippen molar-refractivity contribution in [3.63, 3.8) is 0 Å². The van der Waals surface area contributed by atoms with Gasteiger partial charge in [-0.3, -0.25) is 0 Å². The van der Waals surface area contributed by atoms with E-state index >= 15 is 0 Å². The van der Waals surface area contributed by atoms with Crippen molar-refractivity contribution in [2.24, 2.45) is 0 Å². The molecule has 1 fully saturated rings. The van der Waals surface area contributed by atoms with Gasteiger partial charge >= 0.3 is 0 Å². The minimum Gasteiger partial charge on any atom is -0.491 e. The monoisotopic (exact) mass is 283 g/mol. The number of methoxy groups -OCH3 is 1. The maximum Gasteiger partial charge on any atom is 0.123 e. The van der Waals surface area contributed by atoms with E-state index in [1.165, 1.54) is 12.1 Å². The molecule has 1 aromatic carbocycles. The molecule has 0 amide bonds. The van der Waals surface area contributed by atoms with Crippen LogP contribution in [0.5, 0.6) is 5.75 Å². The van der Waals surface area contributed by atoms with E-state index in [1.54, 1.807) is 19.2 Å². The predicted octanol–water partition coefficient (Wildman–Crippen LogP) is 1.72. The molecule has 3 atom stereocenters. The number of aliphatic hydroxyl groups is 1. The van der Waals surface area contributed by atoms with Crippen molar-refractivity contribution in [3.05, 3.63) is 30.1 Å². The van der Waals surface area contributed by atoms with Gasteiger partial charge in [-0.25, -0.2) is 4.39 Å². The van der Waals surface area contributed by atoms with Gasteiger partial charge in [0.15, 0.2) is 0 Å². The van der Waals surface area contributed by atoms with Crippen molar-refractivity contribution >= 4 is 0 Å². The average molecular weight is 283 g/mol. The molecule has 2 rings (SSSR count). The topological polar surface area (TPSA) is 50.7 Å². The predicted molar refractivity (Wildman–Crippen MR) is 74.3 cm³/mol. The zero-order valence-electron chi connectivity index (χ0n) is 11.7. The van der Waals surface area contributed by atoms with E-state index < -0.39 is 6.10 Å². The first-order valence-electron chi connectivity index (χ1n) is 7.01. The third-order valence-electron chi connectivity index (χ3n) is 3.63. The second kappa shape index (κ2) is 7.57. The number of aliphatic hydroxyl groups excluding tert-OH is 1. The van der Waals surface area contributed by atoms with E-state index in [9.17, 15) is 9.50 Å². The van der Waals surface area contributed by atoms with E-state index in [0.29, 0.717) is 18.3 Å². The zero-order valence-corrected chi connectivity index (χ0v) is 11.7. The molecule has 1 aliphatic rings. The molecule has 4 nitrogen and oxygen atoms in total. The van der Waals surface area contributed by atoms with Crippen LogP contribution in [0.3, 0.4) is 0 Å². The lowest BCUT2D eigenvalue weighted by molar-refractivity contribution is 0.0687. The Morgan fingerprint density at radius 3 is 2.80 bits per heavy atom. The van der Waals surface area contributed by atoms with Crippen LogP contribution in [0.15, 0.2) is 24.3 Å². The molecule has 1 saturated carbocycles. The van der Waals surface area contributed by atoms with E-state index in [2.05, 4.69) is 5.32 Å². The first-order valence-corrected chi connectivity index (χ1v) is 7.01. The van der Waals surface area contributed by atoms with Gasteiger partial charge in [0.1, 0.15) is 24.3 Å². The molecule has 0 radical (unpaired) electrons. The number of rotatable bonds is 7. The van der Waals surface area contributed by atoms with Crippen LogP contribution in [-0.2, 0) is 4.74 Å².